The standard InChI is InChI=1S/C24H27FN4O2.2C2HF3O2/c1-28(17-18-5-3-6-22(30)15-18)13-4-14-29(2)23-16-21(11-12-26-23)27-24(31)19-7-9-20(25)10-8-19;2*3-2(4,5)1(6)7/h3,5-12,15-16,30H,4,13-14,17H2,1-2H3,(H,26,27,31);2*(H,6,7). The first-order valence-corrected chi connectivity index (χ1v) is 12.6. The summed E-state index contributed by atoms with van der Waals surface area (Å²) in [4.78, 5) is 38.8. The number of carbonyl (C=O) groups is 3. The number of carboxylic acid groups (broad SMARTS) is 2. The number of aromatic hydroxyl groups is 1. The van der Waals surface area contributed by atoms with E-state index >= 15 is 0 Å². The molecule has 0 fully saturated rings. The van der Waals surface area contributed by atoms with Gasteiger partial charge in [-0.15, -0.1) is 0 Å². The van der Waals surface area contributed by atoms with Crippen molar-refractivity contribution in [3.05, 3.63) is 83.8 Å². The Labute approximate surface area is 252 Å². The Hall–Kier alpha value is -4.93. The first kappa shape index (κ1) is 38.1. The second-order valence-electron chi connectivity index (χ2n) is 9.15. The van der Waals surface area contributed by atoms with Crippen LogP contribution < -0.4 is 10.2 Å². The van der Waals surface area contributed by atoms with Gasteiger partial charge in [0.25, 0.3) is 5.91 Å². The number of carbonyl (C=O) groups excluding carboxylic acids is 1. The van der Waals surface area contributed by atoms with E-state index in [1.165, 1.54) is 24.3 Å². The highest BCUT2D eigenvalue weighted by Gasteiger charge is 2.38. The summed E-state index contributed by atoms with van der Waals surface area (Å²) in [6.07, 6.45) is -7.58. The number of anilines is 2. The third-order valence-corrected chi connectivity index (χ3v) is 5.38. The minimum atomic E-state index is -5.08. The van der Waals surface area contributed by atoms with Crippen molar-refractivity contribution in [1.82, 2.24) is 9.88 Å². The smallest absolute Gasteiger partial charge is 0.490 e. The molecule has 3 aromatic rings. The zero-order chi connectivity index (χ0) is 34.4. The molecule has 4 N–H and O–H groups in total. The van der Waals surface area contributed by atoms with E-state index in [4.69, 9.17) is 19.8 Å². The minimum absolute atomic E-state index is 0.281. The zero-order valence-electron chi connectivity index (χ0n) is 23.7. The number of hydrogen-bond donors (Lipinski definition) is 4. The van der Waals surface area contributed by atoms with Crippen LogP contribution in [0.1, 0.15) is 22.3 Å². The fourth-order valence-corrected chi connectivity index (χ4v) is 3.25. The molecule has 0 unspecified atom stereocenters. The lowest BCUT2D eigenvalue weighted by Gasteiger charge is -2.21. The van der Waals surface area contributed by atoms with Crippen LogP contribution in [0.3, 0.4) is 0 Å². The number of pyridine rings is 1. The normalized spacial score (nSPS) is 11.0. The highest BCUT2D eigenvalue weighted by atomic mass is 19.4. The lowest BCUT2D eigenvalue weighted by molar-refractivity contribution is -0.193. The summed E-state index contributed by atoms with van der Waals surface area (Å²) < 4.78 is 76.5. The van der Waals surface area contributed by atoms with Crippen molar-refractivity contribution in [2.75, 3.05) is 37.4 Å². The van der Waals surface area contributed by atoms with E-state index in [2.05, 4.69) is 15.2 Å². The molecule has 10 nitrogen and oxygen atoms in total. The van der Waals surface area contributed by atoms with Crippen LogP contribution in [-0.2, 0) is 16.1 Å². The van der Waals surface area contributed by atoms with E-state index in [1.807, 2.05) is 37.2 Å². The maximum atomic E-state index is 13.0. The number of alkyl halides is 6. The molecule has 0 aliphatic carbocycles. The molecule has 0 saturated heterocycles. The predicted octanol–water partition coefficient (Wildman–Crippen LogP) is 5.40. The summed E-state index contributed by atoms with van der Waals surface area (Å²) in [5.74, 6) is -5.15. The van der Waals surface area contributed by atoms with Gasteiger partial charge in [0.1, 0.15) is 17.4 Å². The highest BCUT2D eigenvalue weighted by Crippen LogP contribution is 2.18. The third-order valence-electron chi connectivity index (χ3n) is 5.38. The van der Waals surface area contributed by atoms with Gasteiger partial charge in [-0.25, -0.2) is 19.0 Å². The van der Waals surface area contributed by atoms with Crippen LogP contribution in [0.15, 0.2) is 66.9 Å². The third kappa shape index (κ3) is 15.4. The molecule has 45 heavy (non-hydrogen) atoms. The van der Waals surface area contributed by atoms with Gasteiger partial charge >= 0.3 is 24.3 Å². The monoisotopic (exact) mass is 650 g/mol. The van der Waals surface area contributed by atoms with Crippen LogP contribution in [-0.4, -0.2) is 82.6 Å². The van der Waals surface area contributed by atoms with Crippen LogP contribution in [0, 0.1) is 5.82 Å². The molecule has 17 heteroatoms. The van der Waals surface area contributed by atoms with E-state index in [1.54, 1.807) is 24.4 Å². The molecule has 0 radical (unpaired) electrons. The number of rotatable bonds is 9. The summed E-state index contributed by atoms with van der Waals surface area (Å²) in [7, 11) is 4.01. The van der Waals surface area contributed by atoms with Gasteiger partial charge in [0, 0.05) is 43.7 Å². The van der Waals surface area contributed by atoms with E-state index in [0.717, 1.165) is 37.4 Å². The Morgan fingerprint density at radius 2 is 1.40 bits per heavy atom. The topological polar surface area (TPSA) is 143 Å². The molecule has 0 aliphatic rings. The number of aliphatic carboxylic acids is 2. The SMILES string of the molecule is CN(CCCN(C)c1cc(NC(=O)c2ccc(F)cc2)ccn1)Cc1cccc(O)c1.O=C(O)C(F)(F)F.O=C(O)C(F)(F)F. The van der Waals surface area contributed by atoms with Crippen LogP contribution in [0.25, 0.3) is 0 Å². The number of aromatic nitrogens is 1. The number of carboxylic acids is 2. The van der Waals surface area contributed by atoms with E-state index in [9.17, 15) is 40.6 Å². The molecule has 0 bridgehead atoms. The van der Waals surface area contributed by atoms with Crippen LogP contribution in [0.2, 0.25) is 0 Å². The number of hydrogen-bond acceptors (Lipinski definition) is 7. The Morgan fingerprint density at radius 1 is 0.844 bits per heavy atom. The number of halogens is 7. The van der Waals surface area contributed by atoms with Gasteiger partial charge in [-0.3, -0.25) is 4.79 Å². The first-order valence-electron chi connectivity index (χ1n) is 12.6. The average molecular weight is 651 g/mol. The fraction of sp³-hybridized carbons (Fsp3) is 0.286. The van der Waals surface area contributed by atoms with Crippen molar-refractivity contribution in [3.63, 3.8) is 0 Å². The highest BCUT2D eigenvalue weighted by molar-refractivity contribution is 6.04. The average Bonchev–Trinajstić information content (AvgIpc) is 2.93. The summed E-state index contributed by atoms with van der Waals surface area (Å²) in [5.41, 5.74) is 2.09. The number of phenolic OH excluding ortho intramolecular Hbond substituents is 1. The lowest BCUT2D eigenvalue weighted by atomic mass is 10.2. The molecule has 1 heterocycles. The zero-order valence-corrected chi connectivity index (χ0v) is 23.7. The fourth-order valence-electron chi connectivity index (χ4n) is 3.25. The number of benzene rings is 2. The molecular weight excluding hydrogens is 621 g/mol. The van der Waals surface area contributed by atoms with Gasteiger partial charge in [-0.05, 0) is 68.0 Å². The maximum Gasteiger partial charge on any atom is 0.490 e. The largest absolute Gasteiger partial charge is 0.508 e. The molecule has 0 aliphatic heterocycles. The van der Waals surface area contributed by atoms with Gasteiger partial charge in [-0.2, -0.15) is 26.3 Å². The molecule has 2 aromatic carbocycles. The second kappa shape index (κ2) is 17.4. The molecule has 0 atom stereocenters. The van der Waals surface area contributed by atoms with Crippen molar-refractivity contribution >= 4 is 29.4 Å². The van der Waals surface area contributed by atoms with Gasteiger partial charge in [0.2, 0.25) is 0 Å². The number of phenols is 1. The van der Waals surface area contributed by atoms with Gasteiger partial charge in [-0.1, -0.05) is 12.1 Å². The predicted molar refractivity (Wildman–Crippen MR) is 148 cm³/mol. The summed E-state index contributed by atoms with van der Waals surface area (Å²) >= 11 is 0. The molecule has 0 saturated carbocycles. The first-order chi connectivity index (χ1) is 20.8. The number of amides is 1. The Kier molecular flexibility index (Phi) is 14.7. The molecule has 0 spiro atoms. The molecule has 3 rings (SSSR count). The van der Waals surface area contributed by atoms with Gasteiger partial charge in [0.15, 0.2) is 0 Å². The van der Waals surface area contributed by atoms with Crippen molar-refractivity contribution in [3.8, 4) is 5.75 Å². The summed E-state index contributed by atoms with van der Waals surface area (Å²) in [5, 5.41) is 26.7. The molecular formula is C28H29F7N4O6. The number of nitrogens with one attached hydrogen (secondary N) is 1. The van der Waals surface area contributed by atoms with Crippen LogP contribution in [0.5, 0.6) is 5.75 Å². The number of nitrogens with zero attached hydrogens (tertiary/aromatic N) is 3. The molecule has 1 amide bonds. The Balaban J connectivity index is 0.000000601. The minimum Gasteiger partial charge on any atom is -0.508 e. The summed E-state index contributed by atoms with van der Waals surface area (Å²) in [6.45, 7) is 2.45. The molecule has 1 aromatic heterocycles. The van der Waals surface area contributed by atoms with Gasteiger partial charge < -0.3 is 30.4 Å². The van der Waals surface area contributed by atoms with E-state index < -0.39 is 24.3 Å². The van der Waals surface area contributed by atoms with Crippen molar-refractivity contribution in [2.24, 2.45) is 0 Å². The molecule has 246 valence electrons. The quantitative estimate of drug-likeness (QED) is 0.224. The summed E-state index contributed by atoms with van der Waals surface area (Å²) in [6, 6.07) is 16.3. The van der Waals surface area contributed by atoms with Gasteiger partial charge in [0.05, 0.1) is 0 Å². The Bertz CT molecular complexity index is 1380. The van der Waals surface area contributed by atoms with Crippen molar-refractivity contribution in [2.45, 2.75) is 25.3 Å². The van der Waals surface area contributed by atoms with E-state index in [0.29, 0.717) is 11.3 Å². The second-order valence-corrected chi connectivity index (χ2v) is 9.15. The van der Waals surface area contributed by atoms with Crippen LogP contribution >= 0.6 is 0 Å². The van der Waals surface area contributed by atoms with Crippen molar-refractivity contribution < 1.29 is 60.4 Å². The van der Waals surface area contributed by atoms with Crippen LogP contribution in [0.4, 0.5) is 42.2 Å². The Morgan fingerprint density at radius 3 is 1.91 bits per heavy atom. The lowest BCUT2D eigenvalue weighted by Crippen LogP contribution is -2.26. The maximum absolute atomic E-state index is 13.0. The van der Waals surface area contributed by atoms with Crippen molar-refractivity contribution in [1.29, 1.82) is 0 Å². The van der Waals surface area contributed by atoms with E-state index in [-0.39, 0.29) is 17.5 Å².